The molecular formula is C25H25F3O3S. The summed E-state index contributed by atoms with van der Waals surface area (Å²) in [6.45, 7) is 6.10. The third-order valence-corrected chi connectivity index (χ3v) is 6.23. The molecule has 0 spiro atoms. The third-order valence-electron chi connectivity index (χ3n) is 5.10. The smallest absolute Gasteiger partial charge is 0.389 e. The molecule has 0 saturated heterocycles. The number of carbonyl (C=O) groups is 1. The van der Waals surface area contributed by atoms with Gasteiger partial charge in [-0.15, -0.1) is 11.3 Å². The van der Waals surface area contributed by atoms with Crippen molar-refractivity contribution in [2.24, 2.45) is 5.41 Å². The van der Waals surface area contributed by atoms with Gasteiger partial charge in [-0.2, -0.15) is 13.2 Å². The summed E-state index contributed by atoms with van der Waals surface area (Å²) in [5.41, 5.74) is 1.01. The summed E-state index contributed by atoms with van der Waals surface area (Å²) in [6.07, 6.45) is -3.71. The van der Waals surface area contributed by atoms with Gasteiger partial charge in [0, 0.05) is 21.1 Å². The lowest BCUT2D eigenvalue weighted by molar-refractivity contribution is -0.172. The van der Waals surface area contributed by atoms with Crippen molar-refractivity contribution in [3.63, 3.8) is 0 Å². The molecule has 1 aromatic heterocycles. The van der Waals surface area contributed by atoms with Gasteiger partial charge in [-0.25, -0.2) is 4.79 Å². The van der Waals surface area contributed by atoms with Crippen molar-refractivity contribution < 1.29 is 27.4 Å². The summed E-state index contributed by atoms with van der Waals surface area (Å²) in [7, 11) is 0. The van der Waals surface area contributed by atoms with Crippen LogP contribution in [0.4, 0.5) is 13.2 Å². The summed E-state index contributed by atoms with van der Waals surface area (Å²) in [5.74, 6) is -0.295. The van der Waals surface area contributed by atoms with E-state index < -0.39 is 30.6 Å². The number of hydrogen-bond acceptors (Lipinski definition) is 4. The molecule has 3 rings (SSSR count). The lowest BCUT2D eigenvalue weighted by Gasteiger charge is -2.29. The number of thiophene rings is 1. The summed E-state index contributed by atoms with van der Waals surface area (Å²) in [4.78, 5) is 12.5. The minimum atomic E-state index is -4.42. The van der Waals surface area contributed by atoms with Gasteiger partial charge < -0.3 is 9.47 Å². The molecule has 3 aromatic rings. The Morgan fingerprint density at radius 1 is 1.12 bits per heavy atom. The van der Waals surface area contributed by atoms with Crippen molar-refractivity contribution in [3.8, 4) is 16.2 Å². The molecule has 0 aliphatic carbocycles. The van der Waals surface area contributed by atoms with E-state index in [1.807, 2.05) is 24.3 Å². The zero-order valence-electron chi connectivity index (χ0n) is 18.0. The highest BCUT2D eigenvalue weighted by molar-refractivity contribution is 7.22. The zero-order valence-corrected chi connectivity index (χ0v) is 18.8. The molecule has 7 heteroatoms. The topological polar surface area (TPSA) is 35.5 Å². The molecule has 3 nitrogen and oxygen atoms in total. The van der Waals surface area contributed by atoms with Crippen molar-refractivity contribution in [1.82, 2.24) is 0 Å². The molecule has 0 amide bonds. The van der Waals surface area contributed by atoms with Gasteiger partial charge in [-0.3, -0.25) is 0 Å². The van der Waals surface area contributed by atoms with Crippen molar-refractivity contribution in [1.29, 1.82) is 0 Å². The highest BCUT2D eigenvalue weighted by Crippen LogP contribution is 2.38. The second-order valence-electron chi connectivity index (χ2n) is 8.02. The van der Waals surface area contributed by atoms with Crippen LogP contribution >= 0.6 is 11.3 Å². The van der Waals surface area contributed by atoms with Gasteiger partial charge in [-0.1, -0.05) is 44.7 Å². The molecule has 0 aliphatic heterocycles. The molecule has 0 N–H and O–H groups in total. The molecule has 0 fully saturated rings. The first kappa shape index (κ1) is 23.9. The minimum Gasteiger partial charge on any atom is -0.493 e. The largest absolute Gasteiger partial charge is 0.493 e. The fourth-order valence-electron chi connectivity index (χ4n) is 3.49. The average Bonchev–Trinajstić information content (AvgIpc) is 3.18. The fourth-order valence-corrected chi connectivity index (χ4v) is 4.64. The van der Waals surface area contributed by atoms with Crippen LogP contribution in [0.25, 0.3) is 20.5 Å². The number of carbonyl (C=O) groups excluding carboxylic acids is 1. The number of ether oxygens (including phenoxy) is 2. The third kappa shape index (κ3) is 6.13. The van der Waals surface area contributed by atoms with E-state index >= 15 is 0 Å². The van der Waals surface area contributed by atoms with Crippen LogP contribution in [0.3, 0.4) is 0 Å². The molecule has 0 radical (unpaired) electrons. The van der Waals surface area contributed by atoms with Crippen LogP contribution in [-0.2, 0) is 16.0 Å². The molecule has 170 valence electrons. The van der Waals surface area contributed by atoms with Crippen molar-refractivity contribution in [2.45, 2.75) is 32.9 Å². The van der Waals surface area contributed by atoms with Crippen LogP contribution in [0.1, 0.15) is 25.8 Å². The molecular weight excluding hydrogens is 437 g/mol. The molecule has 0 aliphatic rings. The first-order valence-electron chi connectivity index (χ1n) is 10.2. The second kappa shape index (κ2) is 9.77. The van der Waals surface area contributed by atoms with Crippen LogP contribution in [0.5, 0.6) is 5.75 Å². The van der Waals surface area contributed by atoms with E-state index in [0.29, 0.717) is 5.75 Å². The Kier molecular flexibility index (Phi) is 7.29. The highest BCUT2D eigenvalue weighted by atomic mass is 32.1. The number of hydrogen-bond donors (Lipinski definition) is 0. The number of alkyl halides is 3. The van der Waals surface area contributed by atoms with Crippen LogP contribution in [0, 0.1) is 5.41 Å². The van der Waals surface area contributed by atoms with Crippen LogP contribution in [0.2, 0.25) is 0 Å². The first-order valence-corrected chi connectivity index (χ1v) is 11.0. The van der Waals surface area contributed by atoms with Crippen LogP contribution in [0.15, 0.2) is 61.2 Å². The van der Waals surface area contributed by atoms with Gasteiger partial charge in [0.25, 0.3) is 0 Å². The first-order chi connectivity index (χ1) is 15.1. The number of halogens is 3. The summed E-state index contributed by atoms with van der Waals surface area (Å²) < 4.78 is 50.9. The van der Waals surface area contributed by atoms with E-state index in [0.717, 1.165) is 27.5 Å². The number of aryl methyl sites for hydroxylation is 1. The van der Waals surface area contributed by atoms with E-state index in [2.05, 4.69) is 31.7 Å². The number of rotatable bonds is 9. The number of benzene rings is 2. The van der Waals surface area contributed by atoms with Gasteiger partial charge in [0.1, 0.15) is 12.4 Å². The van der Waals surface area contributed by atoms with Crippen molar-refractivity contribution in [2.75, 3.05) is 13.2 Å². The van der Waals surface area contributed by atoms with Gasteiger partial charge >= 0.3 is 12.1 Å². The normalized spacial score (nSPS) is 13.5. The number of esters is 1. The standard InChI is InChI=1S/C25H25F3O3S/c1-4-17-8-6-7-9-20(17)22-12-18-10-11-19(13-21(18)32-22)30-15-24(3,14-25(26,27)28)16-31-23(29)5-2/h5-13H,2,4,14-16H2,1,3H3. The fraction of sp³-hybridized carbons (Fsp3) is 0.320. The molecule has 1 unspecified atom stereocenters. The monoisotopic (exact) mass is 462 g/mol. The van der Waals surface area contributed by atoms with Crippen molar-refractivity contribution in [3.05, 3.63) is 66.7 Å². The summed E-state index contributed by atoms with van der Waals surface area (Å²) in [5, 5.41) is 1.04. The molecule has 0 bridgehead atoms. The summed E-state index contributed by atoms with van der Waals surface area (Å²) in [6, 6.07) is 15.8. The Balaban J connectivity index is 1.79. The Bertz CT molecular complexity index is 1100. The Hall–Kier alpha value is -2.80. The maximum absolute atomic E-state index is 13.1. The maximum atomic E-state index is 13.1. The van der Waals surface area contributed by atoms with Gasteiger partial charge in [0.2, 0.25) is 0 Å². The molecule has 1 atom stereocenters. The average molecular weight is 463 g/mol. The van der Waals surface area contributed by atoms with Crippen LogP contribution in [-0.4, -0.2) is 25.4 Å². The highest BCUT2D eigenvalue weighted by Gasteiger charge is 2.41. The number of fused-ring (bicyclic) bond motifs is 1. The van der Waals surface area contributed by atoms with E-state index in [4.69, 9.17) is 9.47 Å². The molecule has 1 heterocycles. The maximum Gasteiger partial charge on any atom is 0.389 e. The van der Waals surface area contributed by atoms with Gasteiger partial charge in [0.15, 0.2) is 0 Å². The SMILES string of the molecule is C=CC(=O)OCC(C)(COc1ccc2cc(-c3ccccc3CC)sc2c1)CC(F)(F)F. The lowest BCUT2D eigenvalue weighted by Crippen LogP contribution is -2.36. The van der Waals surface area contributed by atoms with Gasteiger partial charge in [0.05, 0.1) is 13.0 Å². The van der Waals surface area contributed by atoms with E-state index in [-0.39, 0.29) is 6.61 Å². The van der Waals surface area contributed by atoms with E-state index in [1.54, 1.807) is 17.4 Å². The predicted molar refractivity (Wildman–Crippen MR) is 122 cm³/mol. The van der Waals surface area contributed by atoms with E-state index in [9.17, 15) is 18.0 Å². The molecule has 0 saturated carbocycles. The quantitative estimate of drug-likeness (QED) is 0.249. The van der Waals surface area contributed by atoms with Crippen LogP contribution < -0.4 is 4.74 Å². The predicted octanol–water partition coefficient (Wildman–Crippen LogP) is 7.20. The van der Waals surface area contributed by atoms with Crippen molar-refractivity contribution >= 4 is 27.4 Å². The molecule has 32 heavy (non-hydrogen) atoms. The summed E-state index contributed by atoms with van der Waals surface area (Å²) >= 11 is 1.61. The van der Waals surface area contributed by atoms with E-state index in [1.165, 1.54) is 18.1 Å². The lowest BCUT2D eigenvalue weighted by atomic mass is 9.88. The Labute approximate surface area is 189 Å². The van der Waals surface area contributed by atoms with Gasteiger partial charge in [-0.05, 0) is 47.2 Å². The zero-order chi connectivity index (χ0) is 23.4. The second-order valence-corrected chi connectivity index (χ2v) is 9.11. The Morgan fingerprint density at radius 2 is 1.88 bits per heavy atom. The Morgan fingerprint density at radius 3 is 2.56 bits per heavy atom. The minimum absolute atomic E-state index is 0.251. The molecule has 2 aromatic carbocycles.